The Morgan fingerprint density at radius 1 is 0.506 bits per heavy atom. The van der Waals surface area contributed by atoms with Crippen LogP contribution >= 0.6 is 0 Å². The zero-order valence-corrected chi connectivity index (χ0v) is 45.3. The second-order valence-electron chi connectivity index (χ2n) is 22.6. The highest BCUT2D eigenvalue weighted by Gasteiger charge is 2.59. The van der Waals surface area contributed by atoms with Gasteiger partial charge < -0.3 is 14.4 Å². The van der Waals surface area contributed by atoms with E-state index in [2.05, 4.69) is 277 Å². The number of aryl methyl sites for hydroxylation is 2. The minimum absolute atomic E-state index is 0.158. The van der Waals surface area contributed by atoms with E-state index in [1.807, 2.05) is 6.08 Å². The van der Waals surface area contributed by atoms with Crippen molar-refractivity contribution in [1.29, 1.82) is 0 Å². The fourth-order valence-corrected chi connectivity index (χ4v) is 14.0. The maximum atomic E-state index is 4.00. The van der Waals surface area contributed by atoms with Crippen LogP contribution in [0.5, 0.6) is 0 Å². The maximum absolute atomic E-state index is 4.00. The van der Waals surface area contributed by atoms with Crippen molar-refractivity contribution in [2.45, 2.75) is 64.2 Å². The highest BCUT2D eigenvalue weighted by Crippen LogP contribution is 2.69. The van der Waals surface area contributed by atoms with Gasteiger partial charge in [-0.15, -0.1) is 0 Å². The molecule has 79 heavy (non-hydrogen) atoms. The molecule has 3 heteroatoms. The molecule has 3 nitrogen and oxygen atoms in total. The van der Waals surface area contributed by atoms with Gasteiger partial charge in [-0.05, 0) is 210 Å². The van der Waals surface area contributed by atoms with Gasteiger partial charge in [0, 0.05) is 56.0 Å². The van der Waals surface area contributed by atoms with Crippen LogP contribution in [-0.4, -0.2) is 4.57 Å². The molecule has 16 rings (SSSR count). The summed E-state index contributed by atoms with van der Waals surface area (Å²) in [6, 6.07) is 90.5. The van der Waals surface area contributed by atoms with E-state index in [0.717, 1.165) is 41.0 Å². The number of para-hydroxylation sites is 2. The second kappa shape index (κ2) is 20.1. The fraction of sp³-hybridized carbons (Fsp3) is 0.158. The number of allylic oxidation sites excluding steroid dienone is 2. The Hall–Kier alpha value is -8.92. The predicted molar refractivity (Wildman–Crippen MR) is 335 cm³/mol. The number of unbranched alkanes of at least 4 members (excludes halogenated alkanes) is 1. The molecule has 1 aromatic heterocycles. The Morgan fingerprint density at radius 3 is 1.59 bits per heavy atom. The third-order valence-electron chi connectivity index (χ3n) is 17.8. The van der Waals surface area contributed by atoms with Gasteiger partial charge in [0.2, 0.25) is 0 Å². The lowest BCUT2D eigenvalue weighted by Crippen LogP contribution is -2.54. The lowest BCUT2D eigenvalue weighted by molar-refractivity contribution is 0.0985. The number of aromatic nitrogens is 1. The van der Waals surface area contributed by atoms with E-state index in [1.165, 1.54) is 127 Å². The molecule has 1 heterocycles. The molecular formula is C76H65N3. The summed E-state index contributed by atoms with van der Waals surface area (Å²) in [5.74, 6) is 1.47. The van der Waals surface area contributed by atoms with E-state index >= 15 is 0 Å². The van der Waals surface area contributed by atoms with Crippen LogP contribution in [0.3, 0.4) is 0 Å². The third-order valence-corrected chi connectivity index (χ3v) is 17.8. The highest BCUT2D eigenvalue weighted by molar-refractivity contribution is 6.10. The Kier molecular flexibility index (Phi) is 12.4. The standard InChI is InChI=1S/C76H65N3/c1-4-6-12-54-21-36-65(37-22-54)78(69-44-32-62(33-45-69)76-50-55-47-61(51-76)75(76)71(48-55)59-23-19-53(5-2)20-24-59)67-40-27-57(28-41-67)56-25-38-66(39-26-56)77(64-34-17-52(3)18-35-64)68-42-29-58(30-43-68)60-31-46-74-72(49-60)70-15-10-11-16-73(70)79(74)63-13-8-7-9-14-63/h5,7-11,13-46,49,55,61H,2,4,6,12,47-48,50-51H2,1,3H3. The van der Waals surface area contributed by atoms with Gasteiger partial charge in [-0.3, -0.25) is 0 Å². The van der Waals surface area contributed by atoms with Crippen LogP contribution in [-0.2, 0) is 11.8 Å². The van der Waals surface area contributed by atoms with Gasteiger partial charge in [0.15, 0.2) is 0 Å². The normalized spacial score (nSPS) is 17.2. The summed E-state index contributed by atoms with van der Waals surface area (Å²) in [6.45, 7) is 8.42. The van der Waals surface area contributed by atoms with E-state index in [-0.39, 0.29) is 5.41 Å². The quantitative estimate of drug-likeness (QED) is 0.101. The highest BCUT2D eigenvalue weighted by atomic mass is 15.1. The summed E-state index contributed by atoms with van der Waals surface area (Å²) in [5, 5.41) is 2.51. The van der Waals surface area contributed by atoms with Crippen molar-refractivity contribution in [1.82, 2.24) is 4.57 Å². The minimum Gasteiger partial charge on any atom is -0.311 e. The zero-order valence-electron chi connectivity index (χ0n) is 45.3. The van der Waals surface area contributed by atoms with Crippen molar-refractivity contribution in [3.05, 3.63) is 283 Å². The average molecular weight is 1020 g/mol. The monoisotopic (exact) mass is 1020 g/mol. The molecule has 3 saturated carbocycles. The number of rotatable bonds is 15. The number of nitrogens with zero attached hydrogens (tertiary/aromatic N) is 3. The molecule has 0 saturated heterocycles. The molecule has 0 amide bonds. The van der Waals surface area contributed by atoms with Gasteiger partial charge in [-0.25, -0.2) is 0 Å². The molecule has 0 spiro atoms. The molecule has 384 valence electrons. The number of anilines is 6. The summed E-state index contributed by atoms with van der Waals surface area (Å²) in [7, 11) is 0. The fourth-order valence-electron chi connectivity index (χ4n) is 14.0. The number of fused-ring (bicyclic) bond motifs is 4. The van der Waals surface area contributed by atoms with Crippen LogP contribution in [0.15, 0.2) is 255 Å². The smallest absolute Gasteiger partial charge is 0.0541 e. The van der Waals surface area contributed by atoms with E-state index < -0.39 is 0 Å². The molecule has 5 aliphatic carbocycles. The van der Waals surface area contributed by atoms with Gasteiger partial charge in [-0.2, -0.15) is 0 Å². The molecule has 0 aliphatic heterocycles. The van der Waals surface area contributed by atoms with Crippen molar-refractivity contribution >= 4 is 67.6 Å². The summed E-state index contributed by atoms with van der Waals surface area (Å²) in [4.78, 5) is 4.80. The van der Waals surface area contributed by atoms with Gasteiger partial charge in [0.05, 0.1) is 11.0 Å². The summed E-state index contributed by atoms with van der Waals surface area (Å²) in [6.07, 6.45) is 10.6. The van der Waals surface area contributed by atoms with Crippen molar-refractivity contribution in [3.8, 4) is 27.9 Å². The largest absolute Gasteiger partial charge is 0.311 e. The van der Waals surface area contributed by atoms with Crippen LogP contribution in [0, 0.1) is 18.8 Å². The van der Waals surface area contributed by atoms with Crippen molar-refractivity contribution < 1.29 is 0 Å². The van der Waals surface area contributed by atoms with E-state index in [9.17, 15) is 0 Å². The average Bonchev–Trinajstić information content (AvgIpc) is 3.58. The van der Waals surface area contributed by atoms with Crippen molar-refractivity contribution in [3.63, 3.8) is 0 Å². The summed E-state index contributed by atoms with van der Waals surface area (Å²) >= 11 is 0. The van der Waals surface area contributed by atoms with Crippen molar-refractivity contribution in [2.24, 2.45) is 11.8 Å². The van der Waals surface area contributed by atoms with Crippen LogP contribution in [0.1, 0.15) is 73.3 Å². The number of benzene rings is 10. The van der Waals surface area contributed by atoms with Crippen LogP contribution < -0.4 is 9.80 Å². The van der Waals surface area contributed by atoms with Crippen LogP contribution in [0.2, 0.25) is 0 Å². The van der Waals surface area contributed by atoms with Crippen molar-refractivity contribution in [2.75, 3.05) is 9.80 Å². The van der Waals surface area contributed by atoms with Gasteiger partial charge in [-0.1, -0.05) is 177 Å². The molecule has 4 bridgehead atoms. The Labute approximate surface area is 466 Å². The third kappa shape index (κ3) is 8.69. The molecule has 0 radical (unpaired) electrons. The van der Waals surface area contributed by atoms with Gasteiger partial charge >= 0.3 is 0 Å². The molecule has 3 unspecified atom stereocenters. The zero-order chi connectivity index (χ0) is 53.0. The first-order valence-electron chi connectivity index (χ1n) is 28.6. The Morgan fingerprint density at radius 2 is 1.01 bits per heavy atom. The SMILES string of the molecule is C=Cc1ccc(C2=C3C4CC(C2)CC3(c2ccc(N(c3ccc(CCCC)cc3)c3ccc(-c5ccc(N(c6ccc(C)cc6)c6ccc(-c7ccc8c(c7)c7ccccc7n8-c7ccccc7)cc6)cc5)cc3)cc2)C4)cc1. The van der Waals surface area contributed by atoms with Crippen LogP contribution in [0.4, 0.5) is 34.1 Å². The first-order chi connectivity index (χ1) is 38.9. The predicted octanol–water partition coefficient (Wildman–Crippen LogP) is 20.9. The van der Waals surface area contributed by atoms with E-state index in [1.54, 1.807) is 11.1 Å². The molecule has 11 aromatic rings. The Balaban J connectivity index is 0.751. The number of hydrogen-bond acceptors (Lipinski definition) is 2. The van der Waals surface area contributed by atoms with Gasteiger partial charge in [0.1, 0.15) is 0 Å². The molecular weight excluding hydrogens is 955 g/mol. The molecule has 5 aliphatic rings. The molecule has 3 fully saturated rings. The maximum Gasteiger partial charge on any atom is 0.0541 e. The number of hydrogen-bond donors (Lipinski definition) is 0. The van der Waals surface area contributed by atoms with E-state index in [4.69, 9.17) is 0 Å². The van der Waals surface area contributed by atoms with Crippen LogP contribution in [0.25, 0.3) is 61.4 Å². The van der Waals surface area contributed by atoms with Gasteiger partial charge in [0.25, 0.3) is 0 Å². The topological polar surface area (TPSA) is 11.4 Å². The Bertz CT molecular complexity index is 4040. The first-order valence-corrected chi connectivity index (χ1v) is 28.6. The summed E-state index contributed by atoms with van der Waals surface area (Å²) < 4.78 is 2.37. The second-order valence-corrected chi connectivity index (χ2v) is 22.6. The lowest BCUT2D eigenvalue weighted by Gasteiger charge is -2.62. The molecule has 3 atom stereocenters. The molecule has 0 N–H and O–H groups in total. The minimum atomic E-state index is 0.158. The van der Waals surface area contributed by atoms with E-state index in [0.29, 0.717) is 0 Å². The molecule has 10 aromatic carbocycles. The summed E-state index contributed by atoms with van der Waals surface area (Å²) in [5.41, 5.74) is 25.4. The lowest BCUT2D eigenvalue weighted by atomic mass is 9.41. The first kappa shape index (κ1) is 48.5.